The topological polar surface area (TPSA) is 107 Å². The molecule has 29 heavy (non-hydrogen) atoms. The number of ether oxygens (including phenoxy) is 1. The summed E-state index contributed by atoms with van der Waals surface area (Å²) in [4.78, 5) is 20.5. The molecule has 0 aliphatic heterocycles. The molecule has 0 aliphatic rings. The summed E-state index contributed by atoms with van der Waals surface area (Å²) in [5, 5.41) is 14.1. The third-order valence-corrected chi connectivity index (χ3v) is 4.29. The van der Waals surface area contributed by atoms with Gasteiger partial charge in [-0.15, -0.1) is 5.10 Å². The highest BCUT2D eigenvalue weighted by Crippen LogP contribution is 2.19. The van der Waals surface area contributed by atoms with Crippen LogP contribution in [0.25, 0.3) is 16.9 Å². The van der Waals surface area contributed by atoms with E-state index in [0.29, 0.717) is 29.3 Å². The van der Waals surface area contributed by atoms with Gasteiger partial charge in [0.15, 0.2) is 11.2 Å². The van der Waals surface area contributed by atoms with Gasteiger partial charge in [-0.05, 0) is 42.0 Å². The Kier molecular flexibility index (Phi) is 5.12. The first-order valence-corrected chi connectivity index (χ1v) is 8.94. The Labute approximate surface area is 166 Å². The second-order valence-electron chi connectivity index (χ2n) is 6.29. The summed E-state index contributed by atoms with van der Waals surface area (Å²) in [7, 11) is 3.25. The zero-order valence-corrected chi connectivity index (χ0v) is 16.0. The lowest BCUT2D eigenvalue weighted by atomic mass is 10.2. The SMILES string of the molecule is CNC(=O)c1ccc(Nc2ncc3nnn(-c4cccc(COC)c4)c3n2)cc1. The van der Waals surface area contributed by atoms with E-state index in [1.165, 1.54) is 0 Å². The van der Waals surface area contributed by atoms with Gasteiger partial charge in [-0.1, -0.05) is 17.3 Å². The Bertz CT molecular complexity index is 1160. The first-order valence-electron chi connectivity index (χ1n) is 8.94. The van der Waals surface area contributed by atoms with Crippen LogP contribution in [-0.2, 0) is 11.3 Å². The number of methoxy groups -OCH3 is 1. The van der Waals surface area contributed by atoms with Crippen molar-refractivity contribution in [3.05, 3.63) is 65.9 Å². The van der Waals surface area contributed by atoms with Crippen molar-refractivity contribution in [3.63, 3.8) is 0 Å². The minimum atomic E-state index is -0.139. The summed E-state index contributed by atoms with van der Waals surface area (Å²) in [6, 6.07) is 14.9. The van der Waals surface area contributed by atoms with Crippen molar-refractivity contribution in [3.8, 4) is 5.69 Å². The number of amides is 1. The molecule has 9 heteroatoms. The fourth-order valence-electron chi connectivity index (χ4n) is 2.89. The van der Waals surface area contributed by atoms with Crippen LogP contribution in [0.1, 0.15) is 15.9 Å². The smallest absolute Gasteiger partial charge is 0.251 e. The third-order valence-electron chi connectivity index (χ3n) is 4.29. The first kappa shape index (κ1) is 18.5. The van der Waals surface area contributed by atoms with Crippen LogP contribution in [0.5, 0.6) is 0 Å². The monoisotopic (exact) mass is 389 g/mol. The molecule has 0 aliphatic carbocycles. The van der Waals surface area contributed by atoms with Crippen LogP contribution in [0.4, 0.5) is 11.6 Å². The Hall–Kier alpha value is -3.85. The minimum absolute atomic E-state index is 0.139. The van der Waals surface area contributed by atoms with E-state index in [-0.39, 0.29) is 5.91 Å². The molecule has 0 radical (unpaired) electrons. The highest BCUT2D eigenvalue weighted by atomic mass is 16.5. The van der Waals surface area contributed by atoms with E-state index in [1.54, 1.807) is 49.3 Å². The van der Waals surface area contributed by atoms with Crippen LogP contribution in [-0.4, -0.2) is 45.0 Å². The zero-order chi connectivity index (χ0) is 20.2. The van der Waals surface area contributed by atoms with E-state index in [9.17, 15) is 4.79 Å². The van der Waals surface area contributed by atoms with Crippen LogP contribution in [0, 0.1) is 0 Å². The maximum Gasteiger partial charge on any atom is 0.251 e. The molecule has 4 rings (SSSR count). The maximum atomic E-state index is 11.7. The van der Waals surface area contributed by atoms with Crippen molar-refractivity contribution in [2.24, 2.45) is 0 Å². The number of benzene rings is 2. The molecule has 2 heterocycles. The molecule has 0 bridgehead atoms. The van der Waals surface area contributed by atoms with E-state index >= 15 is 0 Å². The number of hydrogen-bond acceptors (Lipinski definition) is 7. The van der Waals surface area contributed by atoms with Gasteiger partial charge in [-0.3, -0.25) is 4.79 Å². The van der Waals surface area contributed by atoms with Crippen molar-refractivity contribution >= 4 is 28.7 Å². The molecule has 0 saturated heterocycles. The summed E-state index contributed by atoms with van der Waals surface area (Å²) >= 11 is 0. The lowest BCUT2D eigenvalue weighted by Gasteiger charge is -2.07. The summed E-state index contributed by atoms with van der Waals surface area (Å²) < 4.78 is 6.86. The van der Waals surface area contributed by atoms with Gasteiger partial charge in [0.2, 0.25) is 5.95 Å². The lowest BCUT2D eigenvalue weighted by Crippen LogP contribution is -2.17. The molecule has 2 N–H and O–H groups in total. The molecule has 0 fully saturated rings. The van der Waals surface area contributed by atoms with Gasteiger partial charge in [-0.2, -0.15) is 9.67 Å². The van der Waals surface area contributed by atoms with Crippen molar-refractivity contribution in [2.75, 3.05) is 19.5 Å². The molecule has 4 aromatic rings. The highest BCUT2D eigenvalue weighted by Gasteiger charge is 2.11. The number of aromatic nitrogens is 5. The zero-order valence-electron chi connectivity index (χ0n) is 16.0. The standard InChI is InChI=1S/C20H19N7O2/c1-21-19(28)14-6-8-15(9-7-14)23-20-22-11-17-18(24-20)27(26-25-17)16-5-3-4-13(10-16)12-29-2/h3-11H,12H2,1-2H3,(H,21,28)(H,22,23,24). The summed E-state index contributed by atoms with van der Waals surface area (Å²) in [6.45, 7) is 0.508. The van der Waals surface area contributed by atoms with Crippen LogP contribution in [0.3, 0.4) is 0 Å². The molecule has 0 spiro atoms. The van der Waals surface area contributed by atoms with Gasteiger partial charge in [0.1, 0.15) is 0 Å². The van der Waals surface area contributed by atoms with E-state index < -0.39 is 0 Å². The predicted molar refractivity (Wildman–Crippen MR) is 108 cm³/mol. The van der Waals surface area contributed by atoms with E-state index in [1.807, 2.05) is 24.3 Å². The lowest BCUT2D eigenvalue weighted by molar-refractivity contribution is 0.0963. The van der Waals surface area contributed by atoms with Crippen molar-refractivity contribution in [1.29, 1.82) is 0 Å². The van der Waals surface area contributed by atoms with Gasteiger partial charge >= 0.3 is 0 Å². The number of nitrogens with one attached hydrogen (secondary N) is 2. The molecule has 0 unspecified atom stereocenters. The molecular formula is C20H19N7O2. The molecule has 2 aromatic heterocycles. The average Bonchev–Trinajstić information content (AvgIpc) is 3.17. The van der Waals surface area contributed by atoms with Crippen molar-refractivity contribution in [1.82, 2.24) is 30.3 Å². The molecule has 146 valence electrons. The third kappa shape index (κ3) is 3.90. The van der Waals surface area contributed by atoms with Crippen molar-refractivity contribution < 1.29 is 9.53 Å². The summed E-state index contributed by atoms with van der Waals surface area (Å²) in [5.41, 5.74) is 4.37. The quantitative estimate of drug-likeness (QED) is 0.522. The minimum Gasteiger partial charge on any atom is -0.380 e. The van der Waals surface area contributed by atoms with Crippen LogP contribution in [0.15, 0.2) is 54.7 Å². The molecule has 0 atom stereocenters. The number of hydrogen-bond donors (Lipinski definition) is 2. The number of nitrogens with zero attached hydrogens (tertiary/aromatic N) is 5. The van der Waals surface area contributed by atoms with Gasteiger partial charge in [-0.25, -0.2) is 4.98 Å². The fraction of sp³-hybridized carbons (Fsp3) is 0.150. The maximum absolute atomic E-state index is 11.7. The second kappa shape index (κ2) is 8.03. The molecule has 1 amide bonds. The molecule has 0 saturated carbocycles. The second-order valence-corrected chi connectivity index (χ2v) is 6.29. The van der Waals surface area contributed by atoms with E-state index in [0.717, 1.165) is 16.9 Å². The predicted octanol–water partition coefficient (Wildman–Crippen LogP) is 2.46. The highest BCUT2D eigenvalue weighted by molar-refractivity contribution is 5.94. The van der Waals surface area contributed by atoms with Crippen LogP contribution >= 0.6 is 0 Å². The fourth-order valence-corrected chi connectivity index (χ4v) is 2.89. The largest absolute Gasteiger partial charge is 0.380 e. The Morgan fingerprint density at radius 1 is 1.17 bits per heavy atom. The van der Waals surface area contributed by atoms with Gasteiger partial charge in [0, 0.05) is 25.4 Å². The Morgan fingerprint density at radius 2 is 2.00 bits per heavy atom. The number of carbonyl (C=O) groups is 1. The van der Waals surface area contributed by atoms with Crippen molar-refractivity contribution in [2.45, 2.75) is 6.61 Å². The molecular weight excluding hydrogens is 370 g/mol. The number of anilines is 2. The molecule has 2 aromatic carbocycles. The van der Waals surface area contributed by atoms with Gasteiger partial charge in [0.05, 0.1) is 18.5 Å². The number of rotatable bonds is 6. The summed E-state index contributed by atoms with van der Waals surface area (Å²) in [5.74, 6) is 0.265. The normalized spacial score (nSPS) is 10.8. The van der Waals surface area contributed by atoms with Gasteiger partial charge < -0.3 is 15.4 Å². The average molecular weight is 389 g/mol. The Balaban J connectivity index is 1.63. The van der Waals surface area contributed by atoms with E-state index in [2.05, 4.69) is 30.9 Å². The van der Waals surface area contributed by atoms with Crippen LogP contribution in [0.2, 0.25) is 0 Å². The first-order chi connectivity index (χ1) is 14.2. The van der Waals surface area contributed by atoms with Crippen LogP contribution < -0.4 is 10.6 Å². The van der Waals surface area contributed by atoms with Gasteiger partial charge in [0.25, 0.3) is 5.91 Å². The Morgan fingerprint density at radius 3 is 2.76 bits per heavy atom. The van der Waals surface area contributed by atoms with E-state index in [4.69, 9.17) is 4.74 Å². The number of fused-ring (bicyclic) bond motifs is 1. The molecule has 9 nitrogen and oxygen atoms in total. The number of carbonyl (C=O) groups excluding carboxylic acids is 1. The summed E-state index contributed by atoms with van der Waals surface area (Å²) in [6.07, 6.45) is 1.62.